The van der Waals surface area contributed by atoms with Gasteiger partial charge in [-0.2, -0.15) is 0 Å². The van der Waals surface area contributed by atoms with Gasteiger partial charge in [0, 0.05) is 0 Å². The number of rotatable bonds is 7. The largest absolute Gasteiger partial charge is 0.401 e. The number of aliphatic hydroxyl groups excluding tert-OH is 2. The second-order valence-corrected chi connectivity index (χ2v) is 12.6. The molecule has 1 aliphatic rings. The molecule has 10 heteroatoms. The molecule has 38 heavy (non-hydrogen) atoms. The molecule has 5 aromatic rings. The zero-order chi connectivity index (χ0) is 26.1. The first-order valence-corrected chi connectivity index (χ1v) is 14.3. The molecule has 0 amide bonds. The van der Waals surface area contributed by atoms with Crippen LogP contribution >= 0.6 is 0 Å². The third kappa shape index (κ3) is 4.08. The van der Waals surface area contributed by atoms with Gasteiger partial charge in [-0.3, -0.25) is 4.57 Å². The number of nitrogens with two attached hydrogens (primary N) is 1. The van der Waals surface area contributed by atoms with Crippen molar-refractivity contribution in [2.75, 3.05) is 12.3 Å². The second kappa shape index (κ2) is 10.1. The summed E-state index contributed by atoms with van der Waals surface area (Å²) in [7, 11) is -3.01. The average molecular weight is 526 g/mol. The van der Waals surface area contributed by atoms with Crippen LogP contribution in [0.4, 0.5) is 5.82 Å². The summed E-state index contributed by atoms with van der Waals surface area (Å²) in [5, 5.41) is 25.2. The maximum atomic E-state index is 11.0. The molecule has 3 aromatic carbocycles. The van der Waals surface area contributed by atoms with Gasteiger partial charge in [0.1, 0.15) is 30.2 Å². The van der Waals surface area contributed by atoms with Crippen LogP contribution in [0.2, 0.25) is 0 Å². The summed E-state index contributed by atoms with van der Waals surface area (Å²) in [4.78, 5) is 12.5. The first-order chi connectivity index (χ1) is 18.6. The predicted octanol–water partition coefficient (Wildman–Crippen LogP) is 0.711. The summed E-state index contributed by atoms with van der Waals surface area (Å²) in [6.07, 6.45) is -1.32. The van der Waals surface area contributed by atoms with Crippen LogP contribution in [0.25, 0.3) is 11.2 Å². The van der Waals surface area contributed by atoms with Crippen molar-refractivity contribution in [2.45, 2.75) is 24.5 Å². The van der Waals surface area contributed by atoms with Crippen LogP contribution in [0.5, 0.6) is 0 Å². The van der Waals surface area contributed by atoms with E-state index in [-0.39, 0.29) is 12.4 Å². The lowest BCUT2D eigenvalue weighted by atomic mass is 10.1. The number of fused-ring (bicyclic) bond motifs is 1. The summed E-state index contributed by atoms with van der Waals surface area (Å²) in [6.45, 7) is 0.0589. The van der Waals surface area contributed by atoms with Gasteiger partial charge in [0.15, 0.2) is 17.7 Å². The molecule has 0 bridgehead atoms. The number of benzene rings is 3. The van der Waals surface area contributed by atoms with Gasteiger partial charge in [0.2, 0.25) is 0 Å². The molecule has 0 spiro atoms. The van der Waals surface area contributed by atoms with Gasteiger partial charge in [-0.15, -0.1) is 0 Å². The highest BCUT2D eigenvalue weighted by atomic mass is 28.4. The summed E-state index contributed by atoms with van der Waals surface area (Å²) >= 11 is 0. The van der Waals surface area contributed by atoms with Crippen LogP contribution in [0.3, 0.4) is 0 Å². The Hall–Kier alpha value is -3.93. The maximum Gasteiger partial charge on any atom is 0.288 e. The molecule has 4 atom stereocenters. The average Bonchev–Trinajstić information content (AvgIpc) is 3.52. The van der Waals surface area contributed by atoms with Crippen molar-refractivity contribution < 1.29 is 19.4 Å². The lowest BCUT2D eigenvalue weighted by Crippen LogP contribution is -2.70. The third-order valence-corrected chi connectivity index (χ3v) is 11.0. The Labute approximate surface area is 220 Å². The van der Waals surface area contributed by atoms with E-state index < -0.39 is 32.9 Å². The van der Waals surface area contributed by atoms with Gasteiger partial charge < -0.3 is 25.1 Å². The molecule has 0 unspecified atom stereocenters. The van der Waals surface area contributed by atoms with E-state index >= 15 is 0 Å². The molecule has 0 aliphatic carbocycles. The van der Waals surface area contributed by atoms with Gasteiger partial charge in [-0.25, -0.2) is 15.0 Å². The zero-order valence-electron chi connectivity index (χ0n) is 20.4. The van der Waals surface area contributed by atoms with Gasteiger partial charge >= 0.3 is 0 Å². The van der Waals surface area contributed by atoms with E-state index in [1.54, 1.807) is 4.57 Å². The summed E-state index contributed by atoms with van der Waals surface area (Å²) in [5.41, 5.74) is 6.74. The molecule has 6 rings (SSSR count). The molecule has 9 nitrogen and oxygen atoms in total. The van der Waals surface area contributed by atoms with Crippen LogP contribution in [0.15, 0.2) is 104 Å². The molecule has 3 heterocycles. The summed E-state index contributed by atoms with van der Waals surface area (Å²) in [6, 6.07) is 30.5. The van der Waals surface area contributed by atoms with E-state index in [1.165, 1.54) is 12.7 Å². The number of nitrogen functional groups attached to an aromatic ring is 1. The quantitative estimate of drug-likeness (QED) is 0.209. The molecule has 0 saturated carbocycles. The number of aliphatic hydroxyl groups is 2. The van der Waals surface area contributed by atoms with E-state index in [4.69, 9.17) is 14.9 Å². The van der Waals surface area contributed by atoms with E-state index in [0.29, 0.717) is 11.2 Å². The highest BCUT2D eigenvalue weighted by Gasteiger charge is 2.48. The van der Waals surface area contributed by atoms with Crippen molar-refractivity contribution >= 4 is 40.9 Å². The Bertz CT molecular complexity index is 1420. The van der Waals surface area contributed by atoms with Crippen LogP contribution in [-0.4, -0.2) is 63.0 Å². The summed E-state index contributed by atoms with van der Waals surface area (Å²) < 4.78 is 14.7. The molecule has 1 saturated heterocycles. The number of hydrogen-bond donors (Lipinski definition) is 3. The van der Waals surface area contributed by atoms with E-state index in [9.17, 15) is 10.2 Å². The van der Waals surface area contributed by atoms with Crippen molar-refractivity contribution in [1.29, 1.82) is 0 Å². The minimum Gasteiger partial charge on any atom is -0.401 e. The third-order valence-electron chi connectivity index (χ3n) is 7.00. The van der Waals surface area contributed by atoms with Crippen molar-refractivity contribution in [3.8, 4) is 0 Å². The SMILES string of the molecule is Nc1ncnc2c1ncn2[C@@H]1O[C@H](CO[Si](c2ccccc2)(c2ccccc2)c2ccccc2)[C@@H](O)[C@H]1O. The minimum atomic E-state index is -3.01. The van der Waals surface area contributed by atoms with Crippen molar-refractivity contribution in [1.82, 2.24) is 19.5 Å². The number of ether oxygens (including phenoxy) is 1. The molecule has 4 N–H and O–H groups in total. The number of imidazole rings is 1. The number of hydrogen-bond acceptors (Lipinski definition) is 8. The fourth-order valence-corrected chi connectivity index (χ4v) is 9.03. The zero-order valence-corrected chi connectivity index (χ0v) is 21.4. The van der Waals surface area contributed by atoms with Crippen molar-refractivity contribution in [3.63, 3.8) is 0 Å². The number of aromatic nitrogens is 4. The van der Waals surface area contributed by atoms with Crippen LogP contribution in [0.1, 0.15) is 6.23 Å². The lowest BCUT2D eigenvalue weighted by Gasteiger charge is -2.34. The van der Waals surface area contributed by atoms with Gasteiger partial charge in [0.05, 0.1) is 12.9 Å². The summed E-state index contributed by atoms with van der Waals surface area (Å²) in [5.74, 6) is 0.228. The van der Waals surface area contributed by atoms with Gasteiger partial charge in [-0.05, 0) is 15.6 Å². The van der Waals surface area contributed by atoms with Crippen LogP contribution in [-0.2, 0) is 9.16 Å². The van der Waals surface area contributed by atoms with E-state index in [1.807, 2.05) is 54.6 Å². The Morgan fingerprint density at radius 2 is 1.34 bits per heavy atom. The lowest BCUT2D eigenvalue weighted by molar-refractivity contribution is -0.0479. The Balaban J connectivity index is 1.36. The normalized spacial score (nSPS) is 21.6. The predicted molar refractivity (Wildman–Crippen MR) is 146 cm³/mol. The van der Waals surface area contributed by atoms with Crippen molar-refractivity contribution in [3.05, 3.63) is 104 Å². The number of nitrogens with zero attached hydrogens (tertiary/aromatic N) is 4. The van der Waals surface area contributed by atoms with Crippen LogP contribution < -0.4 is 21.3 Å². The monoisotopic (exact) mass is 525 g/mol. The smallest absolute Gasteiger partial charge is 0.288 e. The Morgan fingerprint density at radius 3 is 1.89 bits per heavy atom. The molecular weight excluding hydrogens is 498 g/mol. The first kappa shape index (κ1) is 24.4. The molecular formula is C28H27N5O4Si. The molecule has 1 aliphatic heterocycles. The standard InChI is InChI=1S/C28H27N5O4Si/c29-26-23-27(31-17-30-26)33(18-32-23)28-25(35)24(34)22(37-28)16-36-38(19-10-4-1-5-11-19,20-12-6-2-7-13-20)21-14-8-3-9-15-21/h1-15,17-18,22,24-25,28,34-35H,16H2,(H2,29,30,31)/t22-,24-,25-,28-/m1/s1. The molecule has 1 fully saturated rings. The fraction of sp³-hybridized carbons (Fsp3) is 0.179. The second-order valence-electron chi connectivity index (χ2n) is 9.22. The van der Waals surface area contributed by atoms with Crippen LogP contribution in [0, 0.1) is 0 Å². The highest BCUT2D eigenvalue weighted by Crippen LogP contribution is 2.32. The topological polar surface area (TPSA) is 129 Å². The first-order valence-electron chi connectivity index (χ1n) is 12.3. The number of anilines is 1. The maximum absolute atomic E-state index is 11.0. The van der Waals surface area contributed by atoms with E-state index in [0.717, 1.165) is 15.6 Å². The Kier molecular flexibility index (Phi) is 6.48. The van der Waals surface area contributed by atoms with Gasteiger partial charge in [-0.1, -0.05) is 91.0 Å². The molecule has 192 valence electrons. The molecule has 2 aromatic heterocycles. The van der Waals surface area contributed by atoms with E-state index in [2.05, 4.69) is 51.4 Å². The molecule has 0 radical (unpaired) electrons. The minimum absolute atomic E-state index is 0.0589. The fourth-order valence-electron chi connectivity index (χ4n) is 5.13. The van der Waals surface area contributed by atoms with Gasteiger partial charge in [0.25, 0.3) is 8.32 Å². The Morgan fingerprint density at radius 1 is 0.789 bits per heavy atom. The highest BCUT2D eigenvalue weighted by molar-refractivity contribution is 7.07. The van der Waals surface area contributed by atoms with Crippen molar-refractivity contribution in [2.24, 2.45) is 0 Å².